The van der Waals surface area contributed by atoms with Crippen molar-refractivity contribution in [3.8, 4) is 0 Å². The van der Waals surface area contributed by atoms with E-state index in [0.717, 1.165) is 0 Å². The lowest BCUT2D eigenvalue weighted by Gasteiger charge is -2.24. The summed E-state index contributed by atoms with van der Waals surface area (Å²) in [5.74, 6) is -0.889. The van der Waals surface area contributed by atoms with Crippen LogP contribution in [-0.4, -0.2) is 20.2 Å². The molecule has 0 fully saturated rings. The predicted octanol–water partition coefficient (Wildman–Crippen LogP) is 2.09. The van der Waals surface area contributed by atoms with E-state index in [1.165, 1.54) is 0 Å². The molecule has 60 valence electrons. The molecule has 2 nitrogen and oxygen atoms in total. The normalized spacial score (nSPS) is 35.6. The van der Waals surface area contributed by atoms with Crippen LogP contribution in [0.4, 0.5) is 0 Å². The molecule has 0 radical (unpaired) electrons. The van der Waals surface area contributed by atoms with E-state index in [1.54, 1.807) is 18.2 Å². The summed E-state index contributed by atoms with van der Waals surface area (Å²) in [6, 6.07) is 0. The quantitative estimate of drug-likeness (QED) is 0.748. The van der Waals surface area contributed by atoms with Crippen molar-refractivity contribution >= 4 is 37.8 Å². The minimum absolute atomic E-state index is 0.197. The molecule has 0 aromatic heterocycles. The van der Waals surface area contributed by atoms with Crippen molar-refractivity contribution in [2.24, 2.45) is 0 Å². The highest BCUT2D eigenvalue weighted by Gasteiger charge is 2.39. The fourth-order valence-corrected chi connectivity index (χ4v) is 1.61. The molecule has 4 heteroatoms. The first kappa shape index (κ1) is 9.00. The zero-order valence-corrected chi connectivity index (χ0v) is 8.67. The van der Waals surface area contributed by atoms with Crippen LogP contribution in [0.2, 0.25) is 0 Å². The van der Waals surface area contributed by atoms with Crippen molar-refractivity contribution in [3.63, 3.8) is 0 Å². The summed E-state index contributed by atoms with van der Waals surface area (Å²) < 4.78 is -0.984. The van der Waals surface area contributed by atoms with Crippen molar-refractivity contribution < 1.29 is 9.90 Å². The molecule has 0 aromatic rings. The molecule has 0 spiro atoms. The molecule has 0 aliphatic heterocycles. The number of carboxylic acids is 1. The van der Waals surface area contributed by atoms with Crippen LogP contribution >= 0.6 is 31.9 Å². The minimum atomic E-state index is -0.984. The monoisotopic (exact) mass is 280 g/mol. The Morgan fingerprint density at radius 1 is 1.55 bits per heavy atom. The molecule has 2 unspecified atom stereocenters. The highest BCUT2D eigenvalue weighted by Crippen LogP contribution is 2.33. The van der Waals surface area contributed by atoms with Gasteiger partial charge in [0.15, 0.2) is 4.32 Å². The molecule has 0 bridgehead atoms. The number of hydrogen-bond acceptors (Lipinski definition) is 1. The lowest BCUT2D eigenvalue weighted by molar-refractivity contribution is -0.138. The van der Waals surface area contributed by atoms with Gasteiger partial charge in [0.25, 0.3) is 0 Å². The van der Waals surface area contributed by atoms with Gasteiger partial charge in [-0.1, -0.05) is 56.2 Å². The molecule has 11 heavy (non-hydrogen) atoms. The van der Waals surface area contributed by atoms with Gasteiger partial charge in [-0.15, -0.1) is 0 Å². The Balaban J connectivity index is 2.94. The highest BCUT2D eigenvalue weighted by atomic mass is 79.9. The smallest absolute Gasteiger partial charge is 0.325 e. The van der Waals surface area contributed by atoms with Gasteiger partial charge >= 0.3 is 5.97 Å². The Kier molecular flexibility index (Phi) is 2.54. The van der Waals surface area contributed by atoms with Crippen LogP contribution in [0.5, 0.6) is 0 Å². The molecule has 1 aliphatic carbocycles. The molecule has 0 saturated heterocycles. The number of hydrogen-bond donors (Lipinski definition) is 1. The summed E-state index contributed by atoms with van der Waals surface area (Å²) in [6.45, 7) is 0. The lowest BCUT2D eigenvalue weighted by atomic mass is 10.0. The molecule has 1 aliphatic rings. The molecular weight excluding hydrogens is 276 g/mol. The maximum Gasteiger partial charge on any atom is 0.325 e. The molecule has 0 heterocycles. The van der Waals surface area contributed by atoms with Crippen LogP contribution in [0.1, 0.15) is 0 Å². The molecule has 0 saturated carbocycles. The van der Waals surface area contributed by atoms with Gasteiger partial charge in [0.1, 0.15) is 0 Å². The zero-order chi connectivity index (χ0) is 8.48. The van der Waals surface area contributed by atoms with E-state index in [2.05, 4.69) is 31.9 Å². The Labute approximate surface area is 81.2 Å². The average molecular weight is 282 g/mol. The van der Waals surface area contributed by atoms with Crippen molar-refractivity contribution in [3.05, 3.63) is 24.3 Å². The van der Waals surface area contributed by atoms with Crippen LogP contribution in [0, 0.1) is 0 Å². The predicted molar refractivity (Wildman–Crippen MR) is 50.3 cm³/mol. The summed E-state index contributed by atoms with van der Waals surface area (Å²) >= 11 is 6.39. The fourth-order valence-electron chi connectivity index (χ4n) is 0.779. The van der Waals surface area contributed by atoms with Gasteiger partial charge in [0.05, 0.1) is 4.83 Å². The van der Waals surface area contributed by atoms with Gasteiger partial charge in [0, 0.05) is 0 Å². The van der Waals surface area contributed by atoms with E-state index in [-0.39, 0.29) is 4.83 Å². The molecular formula is C7H6Br2O2. The topological polar surface area (TPSA) is 37.3 Å². The van der Waals surface area contributed by atoms with E-state index in [9.17, 15) is 4.79 Å². The third-order valence-electron chi connectivity index (χ3n) is 1.46. The van der Waals surface area contributed by atoms with E-state index < -0.39 is 10.3 Å². The Bertz CT molecular complexity index is 235. The maximum absolute atomic E-state index is 10.7. The summed E-state index contributed by atoms with van der Waals surface area (Å²) in [6.07, 6.45) is 6.90. The van der Waals surface area contributed by atoms with Crippen LogP contribution in [0.15, 0.2) is 24.3 Å². The van der Waals surface area contributed by atoms with E-state index in [0.29, 0.717) is 0 Å². The molecule has 0 aromatic carbocycles. The standard InChI is InChI=1S/C7H6Br2O2/c8-5-3-1-2-4-7(5,9)6(10)11/h1-5H,(H,10,11). The Hall–Kier alpha value is -0.0900. The number of allylic oxidation sites excluding steroid dienone is 3. The van der Waals surface area contributed by atoms with Gasteiger partial charge in [-0.2, -0.15) is 0 Å². The summed E-state index contributed by atoms with van der Waals surface area (Å²) in [7, 11) is 0. The summed E-state index contributed by atoms with van der Waals surface area (Å²) in [4.78, 5) is 10.5. The molecule has 1 N–H and O–H groups in total. The van der Waals surface area contributed by atoms with Gasteiger partial charge in [-0.3, -0.25) is 4.79 Å². The third kappa shape index (κ3) is 1.56. The first-order valence-electron chi connectivity index (χ1n) is 3.00. The minimum Gasteiger partial charge on any atom is -0.480 e. The second kappa shape index (κ2) is 3.11. The SMILES string of the molecule is O=C(O)C1(Br)C=CC=CC1Br. The van der Waals surface area contributed by atoms with Crippen molar-refractivity contribution in [2.75, 3.05) is 0 Å². The molecule has 1 rings (SSSR count). The second-order valence-electron chi connectivity index (χ2n) is 2.22. The molecule has 2 atom stereocenters. The second-order valence-corrected chi connectivity index (χ2v) is 4.52. The summed E-state index contributed by atoms with van der Waals surface area (Å²) in [5, 5.41) is 8.81. The maximum atomic E-state index is 10.7. The highest BCUT2D eigenvalue weighted by molar-refractivity contribution is 9.13. The number of halogens is 2. The van der Waals surface area contributed by atoms with Crippen molar-refractivity contribution in [1.82, 2.24) is 0 Å². The number of alkyl halides is 2. The third-order valence-corrected chi connectivity index (χ3v) is 4.20. The first-order chi connectivity index (χ1) is 5.07. The van der Waals surface area contributed by atoms with Crippen molar-refractivity contribution in [1.29, 1.82) is 0 Å². The summed E-state index contributed by atoms with van der Waals surface area (Å²) in [5.41, 5.74) is 0. The van der Waals surface area contributed by atoms with Crippen molar-refractivity contribution in [2.45, 2.75) is 9.15 Å². The Morgan fingerprint density at radius 2 is 2.18 bits per heavy atom. The van der Waals surface area contributed by atoms with E-state index in [1.807, 2.05) is 6.08 Å². The zero-order valence-electron chi connectivity index (χ0n) is 5.50. The van der Waals surface area contributed by atoms with Crippen LogP contribution < -0.4 is 0 Å². The fraction of sp³-hybridized carbons (Fsp3) is 0.286. The lowest BCUT2D eigenvalue weighted by Crippen LogP contribution is -2.38. The average Bonchev–Trinajstić information content (AvgIpc) is 1.95. The number of carboxylic acid groups (broad SMARTS) is 1. The Morgan fingerprint density at radius 3 is 2.55 bits per heavy atom. The van der Waals surface area contributed by atoms with Gasteiger partial charge < -0.3 is 5.11 Å². The number of carbonyl (C=O) groups is 1. The largest absolute Gasteiger partial charge is 0.480 e. The van der Waals surface area contributed by atoms with Crippen LogP contribution in [-0.2, 0) is 4.79 Å². The number of aliphatic carboxylic acids is 1. The van der Waals surface area contributed by atoms with Gasteiger partial charge in [0.2, 0.25) is 0 Å². The van der Waals surface area contributed by atoms with Gasteiger partial charge in [-0.05, 0) is 0 Å². The number of rotatable bonds is 1. The van der Waals surface area contributed by atoms with Crippen LogP contribution in [0.3, 0.4) is 0 Å². The van der Waals surface area contributed by atoms with E-state index in [4.69, 9.17) is 5.11 Å². The van der Waals surface area contributed by atoms with Gasteiger partial charge in [-0.25, -0.2) is 0 Å². The first-order valence-corrected chi connectivity index (χ1v) is 4.70. The van der Waals surface area contributed by atoms with E-state index >= 15 is 0 Å². The van der Waals surface area contributed by atoms with Crippen LogP contribution in [0.25, 0.3) is 0 Å². The molecule has 0 amide bonds.